The number of H-pyrrole nitrogens is 2. The zero-order chi connectivity index (χ0) is 24.3. The van der Waals surface area contributed by atoms with Crippen LogP contribution in [-0.4, -0.2) is 38.8 Å². The van der Waals surface area contributed by atoms with Crippen molar-refractivity contribution in [1.29, 1.82) is 0 Å². The van der Waals surface area contributed by atoms with Gasteiger partial charge in [0.15, 0.2) is 0 Å². The molecule has 1 atom stereocenters. The number of piperidine rings is 1. The lowest BCUT2D eigenvalue weighted by molar-refractivity contribution is -0.127. The van der Waals surface area contributed by atoms with Gasteiger partial charge in [0, 0.05) is 24.2 Å². The molecule has 1 amide bonds. The van der Waals surface area contributed by atoms with Crippen LogP contribution in [0.2, 0.25) is 0 Å². The predicted octanol–water partition coefficient (Wildman–Crippen LogP) is 5.36. The molecule has 0 aliphatic carbocycles. The van der Waals surface area contributed by atoms with Crippen LogP contribution in [0.5, 0.6) is 0 Å². The number of para-hydroxylation sites is 2. The van der Waals surface area contributed by atoms with Crippen LogP contribution in [0.15, 0.2) is 85.1 Å². The minimum absolute atomic E-state index is 0.0241. The topological polar surface area (TPSA) is 76.8 Å². The van der Waals surface area contributed by atoms with Crippen molar-refractivity contribution in [3.63, 3.8) is 0 Å². The summed E-state index contributed by atoms with van der Waals surface area (Å²) in [6.07, 6.45) is 4.43. The fourth-order valence-electron chi connectivity index (χ4n) is 5.31. The van der Waals surface area contributed by atoms with Gasteiger partial charge in [-0.2, -0.15) is 0 Å². The quantitative estimate of drug-likeness (QED) is 0.295. The Labute approximate surface area is 210 Å². The number of imidazole rings is 1. The first kappa shape index (κ1) is 22.6. The Morgan fingerprint density at radius 3 is 2.58 bits per heavy atom. The van der Waals surface area contributed by atoms with Gasteiger partial charge in [0.05, 0.1) is 17.1 Å². The number of fused-ring (bicyclic) bond motifs is 2. The molecular formula is C30H31N5O. The van der Waals surface area contributed by atoms with Gasteiger partial charge in [0.1, 0.15) is 5.82 Å². The molecule has 3 aromatic carbocycles. The van der Waals surface area contributed by atoms with E-state index < -0.39 is 0 Å². The zero-order valence-electron chi connectivity index (χ0n) is 20.3. The lowest BCUT2D eigenvalue weighted by Gasteiger charge is -2.32. The molecule has 0 radical (unpaired) electrons. The maximum atomic E-state index is 13.4. The van der Waals surface area contributed by atoms with Gasteiger partial charge in [0.2, 0.25) is 5.91 Å². The largest absolute Gasteiger partial charge is 0.361 e. The summed E-state index contributed by atoms with van der Waals surface area (Å²) in [6, 6.07) is 26.8. The summed E-state index contributed by atoms with van der Waals surface area (Å²) in [7, 11) is 0. The van der Waals surface area contributed by atoms with E-state index in [1.807, 2.05) is 48.7 Å². The number of hydrogen-bond donors (Lipinski definition) is 3. The van der Waals surface area contributed by atoms with E-state index in [1.54, 1.807) is 0 Å². The highest BCUT2D eigenvalue weighted by Crippen LogP contribution is 2.24. The summed E-state index contributed by atoms with van der Waals surface area (Å²) in [5.74, 6) is 0.965. The molecule has 1 unspecified atom stereocenters. The van der Waals surface area contributed by atoms with Crippen LogP contribution >= 0.6 is 0 Å². The average molecular weight is 478 g/mol. The van der Waals surface area contributed by atoms with Crippen molar-refractivity contribution >= 4 is 27.8 Å². The number of amides is 1. The Morgan fingerprint density at radius 2 is 1.75 bits per heavy atom. The monoisotopic (exact) mass is 477 g/mol. The molecule has 3 N–H and O–H groups in total. The molecule has 0 saturated carbocycles. The fourth-order valence-corrected chi connectivity index (χ4v) is 5.31. The molecule has 6 heteroatoms. The third-order valence-electron chi connectivity index (χ3n) is 7.32. The van der Waals surface area contributed by atoms with Gasteiger partial charge >= 0.3 is 0 Å². The van der Waals surface area contributed by atoms with Gasteiger partial charge in [-0.25, -0.2) is 4.98 Å². The highest BCUT2D eigenvalue weighted by molar-refractivity contribution is 5.80. The van der Waals surface area contributed by atoms with E-state index in [0.29, 0.717) is 6.42 Å². The smallest absolute Gasteiger partial charge is 0.223 e. The first-order valence-corrected chi connectivity index (χ1v) is 12.8. The molecule has 1 aliphatic heterocycles. The van der Waals surface area contributed by atoms with Crippen molar-refractivity contribution < 1.29 is 4.79 Å². The SMILES string of the molecule is O=C(NC(Cc1ccccc1)c1nc2ccccc2[nH]1)C1CCN(Cc2ccc3[nH]ccc3c2)CC1. The van der Waals surface area contributed by atoms with Crippen LogP contribution in [0.25, 0.3) is 21.9 Å². The Bertz CT molecular complexity index is 1430. The average Bonchev–Trinajstić information content (AvgIpc) is 3.56. The lowest BCUT2D eigenvalue weighted by Crippen LogP contribution is -2.41. The molecule has 0 bridgehead atoms. The number of carbonyl (C=O) groups excluding carboxylic acids is 1. The number of likely N-dealkylation sites (tertiary alicyclic amines) is 1. The molecule has 36 heavy (non-hydrogen) atoms. The molecule has 1 aliphatic rings. The first-order valence-electron chi connectivity index (χ1n) is 12.8. The van der Waals surface area contributed by atoms with Crippen LogP contribution in [0.4, 0.5) is 0 Å². The number of nitrogens with one attached hydrogen (secondary N) is 3. The maximum Gasteiger partial charge on any atom is 0.223 e. The van der Waals surface area contributed by atoms with Crippen molar-refractivity contribution in [3.8, 4) is 0 Å². The molecule has 2 aromatic heterocycles. The summed E-state index contributed by atoms with van der Waals surface area (Å²) in [6.45, 7) is 2.78. The second-order valence-corrected chi connectivity index (χ2v) is 9.84. The summed E-state index contributed by atoms with van der Waals surface area (Å²) in [5, 5.41) is 4.59. The van der Waals surface area contributed by atoms with Gasteiger partial charge in [-0.1, -0.05) is 48.5 Å². The van der Waals surface area contributed by atoms with E-state index in [-0.39, 0.29) is 17.9 Å². The summed E-state index contributed by atoms with van der Waals surface area (Å²) >= 11 is 0. The van der Waals surface area contributed by atoms with Crippen LogP contribution < -0.4 is 5.32 Å². The normalized spacial score (nSPS) is 15.9. The standard InChI is InChI=1S/C30H31N5O/c36-30(23-13-16-35(17-14-23)20-22-10-11-25-24(18-22)12-15-31-25)34-28(19-21-6-2-1-3-7-21)29-32-26-8-4-5-9-27(26)33-29/h1-12,15,18,23,28,31H,13-14,16-17,19-20H2,(H,32,33)(H,34,36). The molecule has 0 spiro atoms. The minimum Gasteiger partial charge on any atom is -0.361 e. The van der Waals surface area contributed by atoms with Crippen LogP contribution in [0, 0.1) is 5.92 Å². The molecule has 5 aromatic rings. The Balaban J connectivity index is 1.11. The van der Waals surface area contributed by atoms with Crippen molar-refractivity contribution in [1.82, 2.24) is 25.2 Å². The third-order valence-corrected chi connectivity index (χ3v) is 7.32. The van der Waals surface area contributed by atoms with Crippen LogP contribution in [-0.2, 0) is 17.8 Å². The van der Waals surface area contributed by atoms with Crippen molar-refractivity contribution in [3.05, 3.63) is 102 Å². The third kappa shape index (κ3) is 4.90. The number of carbonyl (C=O) groups is 1. The molecule has 6 nitrogen and oxygen atoms in total. The zero-order valence-corrected chi connectivity index (χ0v) is 20.3. The van der Waals surface area contributed by atoms with E-state index in [9.17, 15) is 4.79 Å². The van der Waals surface area contributed by atoms with Gasteiger partial charge < -0.3 is 15.3 Å². The summed E-state index contributed by atoms with van der Waals surface area (Å²) in [4.78, 5) is 27.3. The van der Waals surface area contributed by atoms with Gasteiger partial charge in [0.25, 0.3) is 0 Å². The number of hydrogen-bond acceptors (Lipinski definition) is 3. The minimum atomic E-state index is -0.196. The van der Waals surface area contributed by atoms with Crippen molar-refractivity contribution in [2.75, 3.05) is 13.1 Å². The fraction of sp³-hybridized carbons (Fsp3) is 0.267. The molecule has 1 fully saturated rings. The Kier molecular flexibility index (Phi) is 6.26. The highest BCUT2D eigenvalue weighted by atomic mass is 16.2. The highest BCUT2D eigenvalue weighted by Gasteiger charge is 2.28. The van der Waals surface area contributed by atoms with E-state index in [4.69, 9.17) is 4.98 Å². The number of rotatable bonds is 7. The molecule has 182 valence electrons. The molecular weight excluding hydrogens is 446 g/mol. The molecule has 6 rings (SSSR count). The number of aromatic nitrogens is 3. The van der Waals surface area contributed by atoms with Gasteiger partial charge in [-0.15, -0.1) is 0 Å². The Morgan fingerprint density at radius 1 is 0.944 bits per heavy atom. The molecule has 1 saturated heterocycles. The van der Waals surface area contributed by atoms with E-state index >= 15 is 0 Å². The van der Waals surface area contributed by atoms with E-state index in [2.05, 4.69) is 56.6 Å². The Hall–Kier alpha value is -3.90. The van der Waals surface area contributed by atoms with Crippen LogP contribution in [0.1, 0.15) is 35.8 Å². The van der Waals surface area contributed by atoms with Gasteiger partial charge in [-0.05, 0) is 79.2 Å². The summed E-state index contributed by atoms with van der Waals surface area (Å²) < 4.78 is 0. The number of nitrogens with zero attached hydrogens (tertiary/aromatic N) is 2. The van der Waals surface area contributed by atoms with Crippen LogP contribution in [0.3, 0.4) is 0 Å². The van der Waals surface area contributed by atoms with Crippen molar-refractivity contribution in [2.24, 2.45) is 5.92 Å². The number of aromatic amines is 2. The number of benzene rings is 3. The first-order chi connectivity index (χ1) is 17.7. The summed E-state index contributed by atoms with van der Waals surface area (Å²) in [5.41, 5.74) is 5.58. The predicted molar refractivity (Wildman–Crippen MR) is 143 cm³/mol. The van der Waals surface area contributed by atoms with Gasteiger partial charge in [-0.3, -0.25) is 9.69 Å². The molecule has 3 heterocycles. The second kappa shape index (κ2) is 9.99. The van der Waals surface area contributed by atoms with E-state index in [1.165, 1.54) is 22.0 Å². The van der Waals surface area contributed by atoms with E-state index in [0.717, 1.165) is 49.3 Å². The maximum absolute atomic E-state index is 13.4. The van der Waals surface area contributed by atoms with Crippen molar-refractivity contribution in [2.45, 2.75) is 31.8 Å². The second-order valence-electron chi connectivity index (χ2n) is 9.84. The lowest BCUT2D eigenvalue weighted by atomic mass is 9.94.